The van der Waals surface area contributed by atoms with Gasteiger partial charge in [-0.1, -0.05) is 17.7 Å². The van der Waals surface area contributed by atoms with Crippen LogP contribution in [0.2, 0.25) is 5.02 Å². The summed E-state index contributed by atoms with van der Waals surface area (Å²) in [5.41, 5.74) is 3.36. The number of anilines is 2. The van der Waals surface area contributed by atoms with Gasteiger partial charge in [-0.15, -0.1) is 0 Å². The number of rotatable bonds is 7. The molecule has 0 unspecified atom stereocenters. The van der Waals surface area contributed by atoms with E-state index in [-0.39, 0.29) is 0 Å². The highest BCUT2D eigenvalue weighted by Crippen LogP contribution is 2.41. The molecule has 0 bridgehead atoms. The molecule has 1 aromatic carbocycles. The summed E-state index contributed by atoms with van der Waals surface area (Å²) in [4.78, 5) is 9.25. The maximum absolute atomic E-state index is 6.03. The van der Waals surface area contributed by atoms with Crippen LogP contribution in [-0.4, -0.2) is 16.5 Å². The monoisotopic (exact) mass is 328 g/mol. The maximum atomic E-state index is 6.03. The van der Waals surface area contributed by atoms with Gasteiger partial charge >= 0.3 is 0 Å². The first-order valence-corrected chi connectivity index (χ1v) is 8.75. The minimum absolute atomic E-state index is 0.607. The Morgan fingerprint density at radius 3 is 2.78 bits per heavy atom. The summed E-state index contributed by atoms with van der Waals surface area (Å²) in [7, 11) is 0. The van der Waals surface area contributed by atoms with Crippen LogP contribution in [-0.2, 0) is 6.54 Å². The highest BCUT2D eigenvalue weighted by Gasteiger charge is 2.28. The first kappa shape index (κ1) is 14.9. The van der Waals surface area contributed by atoms with E-state index in [1.807, 2.05) is 30.5 Å². The summed E-state index contributed by atoms with van der Waals surface area (Å²) in [5.74, 6) is 2.15. The maximum Gasteiger partial charge on any atom is 0.227 e. The summed E-state index contributed by atoms with van der Waals surface area (Å²) in [6.45, 7) is 1.99. The second-order valence-electron chi connectivity index (χ2n) is 6.59. The topological polar surface area (TPSA) is 49.8 Å². The zero-order valence-corrected chi connectivity index (χ0v) is 13.8. The lowest BCUT2D eigenvalue weighted by atomic mass is 10.1. The molecule has 0 aliphatic heterocycles. The molecule has 2 aromatic rings. The third kappa shape index (κ3) is 4.01. The summed E-state index contributed by atoms with van der Waals surface area (Å²) in [5, 5.41) is 7.50. The number of halogens is 1. The molecule has 0 saturated heterocycles. The summed E-state index contributed by atoms with van der Waals surface area (Å²) < 4.78 is 0. The Bertz CT molecular complexity index is 695. The third-order valence-corrected chi connectivity index (χ3v) is 4.62. The Morgan fingerprint density at radius 2 is 2.04 bits per heavy atom. The van der Waals surface area contributed by atoms with Gasteiger partial charge in [0.2, 0.25) is 5.95 Å². The van der Waals surface area contributed by atoms with Crippen LogP contribution in [0.3, 0.4) is 0 Å². The third-order valence-electron chi connectivity index (χ3n) is 4.39. The standard InChI is InChI=1S/C18H21ClN4/c19-15-2-1-3-16(8-15)22-18-21-11-14(10-20-9-12-4-5-12)17(23-18)13-6-7-13/h1-3,8,11-13,20H,4-7,9-10H2,(H,21,22,23). The van der Waals surface area contributed by atoms with Gasteiger partial charge in [-0.3, -0.25) is 0 Å². The minimum atomic E-state index is 0.607. The second kappa shape index (κ2) is 6.46. The molecular formula is C18H21ClN4. The van der Waals surface area contributed by atoms with Crippen LogP contribution in [0.5, 0.6) is 0 Å². The smallest absolute Gasteiger partial charge is 0.227 e. The number of nitrogens with one attached hydrogen (secondary N) is 2. The molecule has 2 aliphatic rings. The van der Waals surface area contributed by atoms with Crippen LogP contribution in [0.4, 0.5) is 11.6 Å². The van der Waals surface area contributed by atoms with Crippen molar-refractivity contribution in [2.24, 2.45) is 5.92 Å². The van der Waals surface area contributed by atoms with Gasteiger partial charge in [0.25, 0.3) is 0 Å². The van der Waals surface area contributed by atoms with Gasteiger partial charge in [0, 0.05) is 34.9 Å². The highest BCUT2D eigenvalue weighted by atomic mass is 35.5. The van der Waals surface area contributed by atoms with E-state index in [9.17, 15) is 0 Å². The predicted octanol–water partition coefficient (Wildman–Crippen LogP) is 4.25. The van der Waals surface area contributed by atoms with Gasteiger partial charge in [-0.05, 0) is 56.3 Å². The molecule has 2 saturated carbocycles. The fourth-order valence-electron chi connectivity index (χ4n) is 2.75. The van der Waals surface area contributed by atoms with Crippen LogP contribution in [0.1, 0.15) is 42.9 Å². The molecule has 23 heavy (non-hydrogen) atoms. The largest absolute Gasteiger partial charge is 0.324 e. The lowest BCUT2D eigenvalue weighted by molar-refractivity contribution is 0.631. The number of nitrogens with zero attached hydrogens (tertiary/aromatic N) is 2. The van der Waals surface area contributed by atoms with E-state index < -0.39 is 0 Å². The first-order chi connectivity index (χ1) is 11.3. The minimum Gasteiger partial charge on any atom is -0.324 e. The van der Waals surface area contributed by atoms with Crippen molar-refractivity contribution in [3.05, 3.63) is 46.7 Å². The predicted molar refractivity (Wildman–Crippen MR) is 93.2 cm³/mol. The van der Waals surface area contributed by atoms with Gasteiger partial charge in [0.05, 0.1) is 5.69 Å². The van der Waals surface area contributed by atoms with Crippen LogP contribution in [0, 0.1) is 5.92 Å². The van der Waals surface area contributed by atoms with E-state index in [2.05, 4.69) is 15.6 Å². The van der Waals surface area contributed by atoms with E-state index in [1.54, 1.807) is 0 Å². The number of aromatic nitrogens is 2. The fourth-order valence-corrected chi connectivity index (χ4v) is 2.95. The molecule has 2 fully saturated rings. The van der Waals surface area contributed by atoms with E-state index in [0.717, 1.165) is 24.7 Å². The van der Waals surface area contributed by atoms with Crippen molar-refractivity contribution in [2.75, 3.05) is 11.9 Å². The van der Waals surface area contributed by atoms with E-state index in [0.29, 0.717) is 16.9 Å². The number of benzene rings is 1. The summed E-state index contributed by atoms with van der Waals surface area (Å²) in [6.07, 6.45) is 7.20. The molecule has 2 N–H and O–H groups in total. The normalized spacial score (nSPS) is 17.3. The SMILES string of the molecule is Clc1cccc(Nc2ncc(CNCC3CC3)c(C3CC3)n2)c1. The number of hydrogen-bond acceptors (Lipinski definition) is 4. The van der Waals surface area contributed by atoms with Crippen molar-refractivity contribution in [3.8, 4) is 0 Å². The van der Waals surface area contributed by atoms with E-state index in [1.165, 1.54) is 36.9 Å². The van der Waals surface area contributed by atoms with Crippen molar-refractivity contribution in [3.63, 3.8) is 0 Å². The molecule has 0 radical (unpaired) electrons. The molecule has 0 amide bonds. The molecule has 4 nitrogen and oxygen atoms in total. The van der Waals surface area contributed by atoms with Crippen LogP contribution < -0.4 is 10.6 Å². The van der Waals surface area contributed by atoms with Crippen molar-refractivity contribution in [2.45, 2.75) is 38.1 Å². The molecule has 4 rings (SSSR count). The van der Waals surface area contributed by atoms with Gasteiger partial charge in [0.15, 0.2) is 0 Å². The van der Waals surface area contributed by atoms with Crippen molar-refractivity contribution < 1.29 is 0 Å². The lowest BCUT2D eigenvalue weighted by Gasteiger charge is -2.12. The van der Waals surface area contributed by atoms with Crippen molar-refractivity contribution >= 4 is 23.2 Å². The molecular weight excluding hydrogens is 308 g/mol. The molecule has 0 spiro atoms. The van der Waals surface area contributed by atoms with E-state index >= 15 is 0 Å². The molecule has 5 heteroatoms. The second-order valence-corrected chi connectivity index (χ2v) is 7.02. The molecule has 1 heterocycles. The van der Waals surface area contributed by atoms with Gasteiger partial charge in [-0.25, -0.2) is 9.97 Å². The van der Waals surface area contributed by atoms with Crippen LogP contribution in [0.25, 0.3) is 0 Å². The zero-order valence-electron chi connectivity index (χ0n) is 13.1. The lowest BCUT2D eigenvalue weighted by Crippen LogP contribution is -2.18. The van der Waals surface area contributed by atoms with Gasteiger partial charge in [-0.2, -0.15) is 0 Å². The summed E-state index contributed by atoms with van der Waals surface area (Å²) in [6, 6.07) is 7.63. The Hall–Kier alpha value is -1.65. The first-order valence-electron chi connectivity index (χ1n) is 8.37. The average Bonchev–Trinajstić information content (AvgIpc) is 3.43. The van der Waals surface area contributed by atoms with Crippen molar-refractivity contribution in [1.82, 2.24) is 15.3 Å². The molecule has 120 valence electrons. The summed E-state index contributed by atoms with van der Waals surface area (Å²) >= 11 is 6.03. The van der Waals surface area contributed by atoms with E-state index in [4.69, 9.17) is 16.6 Å². The van der Waals surface area contributed by atoms with Crippen molar-refractivity contribution in [1.29, 1.82) is 0 Å². The zero-order chi connectivity index (χ0) is 15.6. The Morgan fingerprint density at radius 1 is 1.17 bits per heavy atom. The highest BCUT2D eigenvalue weighted by molar-refractivity contribution is 6.30. The van der Waals surface area contributed by atoms with Gasteiger partial charge in [0.1, 0.15) is 0 Å². The Balaban J connectivity index is 1.48. The quantitative estimate of drug-likeness (QED) is 0.797. The Labute approximate surface area is 141 Å². The van der Waals surface area contributed by atoms with Crippen LogP contribution >= 0.6 is 11.6 Å². The average molecular weight is 329 g/mol. The van der Waals surface area contributed by atoms with Gasteiger partial charge < -0.3 is 10.6 Å². The van der Waals surface area contributed by atoms with Crippen LogP contribution in [0.15, 0.2) is 30.5 Å². The molecule has 0 atom stereocenters. The number of hydrogen-bond donors (Lipinski definition) is 2. The Kier molecular flexibility index (Phi) is 4.19. The molecule has 1 aromatic heterocycles. The molecule has 2 aliphatic carbocycles. The fraction of sp³-hybridized carbons (Fsp3) is 0.444.